The summed E-state index contributed by atoms with van der Waals surface area (Å²) in [5, 5.41) is 17.2. The van der Waals surface area contributed by atoms with E-state index < -0.39 is 5.54 Å². The highest BCUT2D eigenvalue weighted by Crippen LogP contribution is 2.40. The summed E-state index contributed by atoms with van der Waals surface area (Å²) in [6, 6.07) is 3.83. The molecule has 1 unspecified atom stereocenters. The minimum atomic E-state index is -0.412. The van der Waals surface area contributed by atoms with Crippen LogP contribution in [0.25, 0.3) is 0 Å². The van der Waals surface area contributed by atoms with Gasteiger partial charge in [0.25, 0.3) is 0 Å². The smallest absolute Gasteiger partial charge is 0.305 e. The van der Waals surface area contributed by atoms with Crippen LogP contribution in [-0.4, -0.2) is 29.4 Å². The molecule has 0 saturated heterocycles. The number of methoxy groups -OCH3 is 1. The van der Waals surface area contributed by atoms with E-state index in [0.29, 0.717) is 12.1 Å². The average molecular weight is 369 g/mol. The largest absolute Gasteiger partial charge is 0.505 e. The van der Waals surface area contributed by atoms with Crippen LogP contribution < -0.4 is 10.5 Å². The number of hydrazone groups is 1. The third kappa shape index (κ3) is 3.76. The Morgan fingerprint density at radius 3 is 2.70 bits per heavy atom. The van der Waals surface area contributed by atoms with Crippen molar-refractivity contribution in [2.24, 2.45) is 5.10 Å². The lowest BCUT2D eigenvalue weighted by atomic mass is 9.84. The lowest BCUT2D eigenvalue weighted by Crippen LogP contribution is -2.47. The summed E-state index contributed by atoms with van der Waals surface area (Å²) in [5.41, 5.74) is 5.89. The van der Waals surface area contributed by atoms with Gasteiger partial charge in [-0.05, 0) is 36.5 Å². The van der Waals surface area contributed by atoms with Gasteiger partial charge in [0, 0.05) is 12.0 Å². The number of hydrogen-bond donors (Lipinski definition) is 2. The number of nitrogens with zero attached hydrogens (tertiary/aromatic N) is 2. The monoisotopic (exact) mass is 369 g/mol. The Labute approximate surface area is 160 Å². The van der Waals surface area contributed by atoms with Crippen molar-refractivity contribution in [1.29, 1.82) is 0 Å². The maximum atomic E-state index is 11.6. The van der Waals surface area contributed by atoms with Gasteiger partial charge in [-0.1, -0.05) is 45.1 Å². The number of allylic oxidation sites excluding steroid dienone is 2. The van der Waals surface area contributed by atoms with Gasteiger partial charge in [-0.3, -0.25) is 4.79 Å². The van der Waals surface area contributed by atoms with Crippen LogP contribution in [-0.2, 0) is 21.4 Å². The van der Waals surface area contributed by atoms with E-state index in [2.05, 4.69) is 10.5 Å². The Kier molecular flexibility index (Phi) is 4.86. The predicted octanol–water partition coefficient (Wildman–Crippen LogP) is 3.36. The maximum absolute atomic E-state index is 11.6. The summed E-state index contributed by atoms with van der Waals surface area (Å²) < 4.78 is 4.75. The topological polar surface area (TPSA) is 74.2 Å². The molecule has 6 heteroatoms. The molecule has 0 spiro atoms. The summed E-state index contributed by atoms with van der Waals surface area (Å²) in [7, 11) is 1.39. The number of rotatable bonds is 4. The minimum Gasteiger partial charge on any atom is -0.505 e. The van der Waals surface area contributed by atoms with Crippen molar-refractivity contribution >= 4 is 17.4 Å². The molecule has 144 valence electrons. The summed E-state index contributed by atoms with van der Waals surface area (Å²) in [6.45, 7) is 8.18. The Hall–Kier alpha value is -2.60. The van der Waals surface area contributed by atoms with Crippen LogP contribution in [0.15, 0.2) is 41.5 Å². The number of ether oxygens (including phenoxy) is 1. The molecule has 1 heterocycles. The fourth-order valence-electron chi connectivity index (χ4n) is 3.26. The van der Waals surface area contributed by atoms with Crippen LogP contribution in [0, 0.1) is 0 Å². The molecular formula is C21H27N3O3. The van der Waals surface area contributed by atoms with E-state index in [-0.39, 0.29) is 23.6 Å². The molecule has 1 atom stereocenters. The van der Waals surface area contributed by atoms with Crippen LogP contribution in [0.4, 0.5) is 5.69 Å². The van der Waals surface area contributed by atoms with Crippen LogP contribution in [0.2, 0.25) is 0 Å². The number of esters is 1. The fourth-order valence-corrected chi connectivity index (χ4v) is 3.26. The van der Waals surface area contributed by atoms with Crippen molar-refractivity contribution in [1.82, 2.24) is 5.43 Å². The molecule has 1 aliphatic carbocycles. The van der Waals surface area contributed by atoms with Crippen LogP contribution in [0.1, 0.15) is 45.2 Å². The molecule has 2 aliphatic rings. The Morgan fingerprint density at radius 2 is 2.07 bits per heavy atom. The van der Waals surface area contributed by atoms with E-state index in [1.807, 2.05) is 64.1 Å². The van der Waals surface area contributed by atoms with Crippen molar-refractivity contribution in [3.05, 3.63) is 47.6 Å². The molecule has 2 N–H and O–H groups in total. The summed E-state index contributed by atoms with van der Waals surface area (Å²) >= 11 is 0. The quantitative estimate of drug-likeness (QED) is 0.796. The highest BCUT2D eigenvalue weighted by atomic mass is 16.5. The van der Waals surface area contributed by atoms with Gasteiger partial charge in [-0.2, -0.15) is 15.6 Å². The van der Waals surface area contributed by atoms with Crippen molar-refractivity contribution in [3.63, 3.8) is 0 Å². The van der Waals surface area contributed by atoms with Crippen LogP contribution in [0.5, 0.6) is 5.75 Å². The van der Waals surface area contributed by atoms with Gasteiger partial charge in [-0.25, -0.2) is 0 Å². The molecule has 27 heavy (non-hydrogen) atoms. The van der Waals surface area contributed by atoms with E-state index in [1.54, 1.807) is 5.12 Å². The second kappa shape index (κ2) is 6.85. The SMILES string of the molecule is COC(=O)CCc1cc(N2N=C3C=CC=CC3(C)N2)c(O)c(C(C)(C)C)c1. The first-order chi connectivity index (χ1) is 12.6. The zero-order chi connectivity index (χ0) is 19.8. The Morgan fingerprint density at radius 1 is 1.33 bits per heavy atom. The summed E-state index contributed by atoms with van der Waals surface area (Å²) in [5.74, 6) is -0.0633. The molecule has 1 aromatic carbocycles. The minimum absolute atomic E-state index is 0.191. The molecule has 3 rings (SSSR count). The number of fused-ring (bicyclic) bond motifs is 1. The van der Waals surface area contributed by atoms with Crippen molar-refractivity contribution < 1.29 is 14.6 Å². The number of carbonyl (C=O) groups is 1. The predicted molar refractivity (Wildman–Crippen MR) is 107 cm³/mol. The number of aryl methyl sites for hydroxylation is 1. The summed E-state index contributed by atoms with van der Waals surface area (Å²) in [6.07, 6.45) is 8.73. The number of benzene rings is 1. The van der Waals surface area contributed by atoms with Gasteiger partial charge in [0.05, 0.1) is 18.4 Å². The van der Waals surface area contributed by atoms with Gasteiger partial charge >= 0.3 is 5.97 Å². The zero-order valence-corrected chi connectivity index (χ0v) is 16.5. The van der Waals surface area contributed by atoms with Gasteiger partial charge < -0.3 is 9.84 Å². The molecule has 0 bridgehead atoms. The van der Waals surface area contributed by atoms with Crippen LogP contribution in [0.3, 0.4) is 0 Å². The second-order valence-corrected chi connectivity index (χ2v) is 8.17. The van der Waals surface area contributed by atoms with Crippen molar-refractivity contribution in [2.75, 3.05) is 12.2 Å². The fraction of sp³-hybridized carbons (Fsp3) is 0.429. The second-order valence-electron chi connectivity index (χ2n) is 8.17. The molecule has 0 aromatic heterocycles. The molecule has 1 aromatic rings. The molecule has 1 aliphatic heterocycles. The number of phenolic OH excluding ortho intramolecular Hbond substituents is 1. The highest BCUT2D eigenvalue weighted by Gasteiger charge is 2.37. The zero-order valence-electron chi connectivity index (χ0n) is 16.5. The van der Waals surface area contributed by atoms with Crippen molar-refractivity contribution in [2.45, 2.75) is 51.5 Å². The maximum Gasteiger partial charge on any atom is 0.305 e. The van der Waals surface area contributed by atoms with Crippen LogP contribution >= 0.6 is 0 Å². The standard InChI is InChI=1S/C21H27N3O3/c1-20(2,3)15-12-14(9-10-18(25)27-5)13-16(19(15)26)24-22-17-8-6-7-11-21(17,4)23-24/h6-8,11-13,23,26H,9-10H2,1-5H3. The first kappa shape index (κ1) is 19.2. The van der Waals surface area contributed by atoms with E-state index >= 15 is 0 Å². The lowest BCUT2D eigenvalue weighted by Gasteiger charge is -2.28. The number of hydrogen-bond acceptors (Lipinski definition) is 6. The van der Waals surface area contributed by atoms with E-state index in [1.165, 1.54) is 7.11 Å². The number of hydrazine groups is 1. The highest BCUT2D eigenvalue weighted by molar-refractivity contribution is 6.07. The Bertz CT molecular complexity index is 849. The third-order valence-corrected chi connectivity index (χ3v) is 4.90. The first-order valence-corrected chi connectivity index (χ1v) is 9.10. The van der Waals surface area contributed by atoms with Gasteiger partial charge in [0.2, 0.25) is 0 Å². The van der Waals surface area contributed by atoms with Gasteiger partial charge in [-0.15, -0.1) is 0 Å². The van der Waals surface area contributed by atoms with Gasteiger partial charge in [0.1, 0.15) is 11.4 Å². The van der Waals surface area contributed by atoms with E-state index in [9.17, 15) is 9.90 Å². The number of aromatic hydroxyl groups is 1. The molecule has 0 amide bonds. The molecule has 0 fully saturated rings. The first-order valence-electron chi connectivity index (χ1n) is 9.10. The molecular weight excluding hydrogens is 342 g/mol. The van der Waals surface area contributed by atoms with E-state index in [0.717, 1.165) is 16.8 Å². The lowest BCUT2D eigenvalue weighted by molar-refractivity contribution is -0.140. The number of anilines is 1. The molecule has 6 nitrogen and oxygen atoms in total. The van der Waals surface area contributed by atoms with Gasteiger partial charge in [0.15, 0.2) is 0 Å². The number of phenols is 1. The molecule has 0 radical (unpaired) electrons. The summed E-state index contributed by atoms with van der Waals surface area (Å²) in [4.78, 5) is 11.6. The third-order valence-electron chi connectivity index (χ3n) is 4.90. The number of nitrogens with one attached hydrogen (secondary N) is 1. The number of carbonyl (C=O) groups excluding carboxylic acids is 1. The van der Waals surface area contributed by atoms with Crippen molar-refractivity contribution in [3.8, 4) is 5.75 Å². The Balaban J connectivity index is 2.01. The van der Waals surface area contributed by atoms with E-state index in [4.69, 9.17) is 4.74 Å². The average Bonchev–Trinajstić information content (AvgIpc) is 2.96. The normalized spacial score (nSPS) is 21.2. The molecule has 0 saturated carbocycles.